The van der Waals surface area contributed by atoms with Gasteiger partial charge in [0.15, 0.2) is 0 Å². The number of nitrogens with zero attached hydrogens (tertiary/aromatic N) is 1. The Kier molecular flexibility index (Phi) is 2.09. The molecular formula is C10H18N2. The third kappa shape index (κ3) is 1.24. The van der Waals surface area contributed by atoms with E-state index < -0.39 is 0 Å². The number of hydrogen-bond donors (Lipinski definition) is 1. The Morgan fingerprint density at radius 1 is 1.50 bits per heavy atom. The average molecular weight is 166 g/mol. The van der Waals surface area contributed by atoms with E-state index in [0.717, 1.165) is 12.1 Å². The molecule has 2 bridgehead atoms. The summed E-state index contributed by atoms with van der Waals surface area (Å²) in [6.07, 6.45) is 7.60. The lowest BCUT2D eigenvalue weighted by Crippen LogP contribution is -2.53. The lowest BCUT2D eigenvalue weighted by molar-refractivity contribution is 0.0373. The Labute approximate surface area is 74.6 Å². The van der Waals surface area contributed by atoms with E-state index in [0.29, 0.717) is 0 Å². The van der Waals surface area contributed by atoms with Gasteiger partial charge in [0.05, 0.1) is 0 Å². The maximum atomic E-state index is 3.27. The van der Waals surface area contributed by atoms with E-state index in [-0.39, 0.29) is 0 Å². The molecule has 2 nitrogen and oxygen atoms in total. The van der Waals surface area contributed by atoms with Crippen LogP contribution in [0.15, 0.2) is 11.8 Å². The number of hydrogen-bond acceptors (Lipinski definition) is 2. The Morgan fingerprint density at radius 3 is 3.00 bits per heavy atom. The minimum absolute atomic E-state index is 0.832. The normalized spacial score (nSPS) is 40.3. The van der Waals surface area contributed by atoms with Gasteiger partial charge in [-0.05, 0) is 32.7 Å². The van der Waals surface area contributed by atoms with Crippen molar-refractivity contribution in [2.24, 2.45) is 0 Å². The largest absolute Gasteiger partial charge is 0.392 e. The van der Waals surface area contributed by atoms with Crippen LogP contribution in [0, 0.1) is 0 Å². The van der Waals surface area contributed by atoms with Crippen molar-refractivity contribution in [2.75, 3.05) is 14.1 Å². The first-order valence-corrected chi connectivity index (χ1v) is 4.90. The fraction of sp³-hybridized carbons (Fsp3) is 0.800. The van der Waals surface area contributed by atoms with Crippen molar-refractivity contribution >= 4 is 0 Å². The zero-order chi connectivity index (χ0) is 8.55. The highest BCUT2D eigenvalue weighted by Crippen LogP contribution is 2.32. The maximum absolute atomic E-state index is 3.27. The van der Waals surface area contributed by atoms with Gasteiger partial charge in [0, 0.05) is 24.8 Å². The molecule has 0 aromatic heterocycles. The Morgan fingerprint density at radius 2 is 2.33 bits per heavy atom. The molecule has 3 aliphatic rings. The van der Waals surface area contributed by atoms with Crippen molar-refractivity contribution < 1.29 is 0 Å². The average Bonchev–Trinajstić information content (AvgIpc) is 2.02. The number of rotatable bonds is 1. The summed E-state index contributed by atoms with van der Waals surface area (Å²) in [5.41, 5.74) is 1.44. The van der Waals surface area contributed by atoms with E-state index in [1.165, 1.54) is 31.4 Å². The van der Waals surface area contributed by atoms with Gasteiger partial charge in [-0.15, -0.1) is 0 Å². The number of nitrogens with one attached hydrogen (secondary N) is 1. The maximum Gasteiger partial charge on any atom is 0.0145 e. The predicted molar refractivity (Wildman–Crippen MR) is 50.9 cm³/mol. The molecule has 2 aliphatic heterocycles. The van der Waals surface area contributed by atoms with Crippen molar-refractivity contribution in [3.05, 3.63) is 11.8 Å². The monoisotopic (exact) mass is 166 g/mol. The molecule has 3 rings (SSSR count). The van der Waals surface area contributed by atoms with Crippen LogP contribution in [-0.2, 0) is 0 Å². The third-order valence-electron chi connectivity index (χ3n) is 3.40. The van der Waals surface area contributed by atoms with Crippen LogP contribution in [0.2, 0.25) is 0 Å². The van der Waals surface area contributed by atoms with E-state index in [2.05, 4.69) is 23.3 Å². The van der Waals surface area contributed by atoms with Gasteiger partial charge >= 0.3 is 0 Å². The lowest BCUT2D eigenvalue weighted by atomic mass is 9.85. The van der Waals surface area contributed by atoms with Crippen LogP contribution >= 0.6 is 0 Å². The molecule has 2 heterocycles. The third-order valence-corrected chi connectivity index (χ3v) is 3.40. The highest BCUT2D eigenvalue weighted by atomic mass is 15.2. The number of fused-ring (bicyclic) bond motifs is 3. The summed E-state index contributed by atoms with van der Waals surface area (Å²) in [5, 5.41) is 3.27. The van der Waals surface area contributed by atoms with Crippen LogP contribution < -0.4 is 5.32 Å². The Bertz CT molecular complexity index is 198. The molecule has 0 aromatic rings. The van der Waals surface area contributed by atoms with Gasteiger partial charge in [0.1, 0.15) is 0 Å². The fourth-order valence-corrected chi connectivity index (χ4v) is 2.32. The summed E-state index contributed by atoms with van der Waals surface area (Å²) in [4.78, 5) is 2.53. The van der Waals surface area contributed by atoms with Gasteiger partial charge in [-0.3, -0.25) is 0 Å². The molecule has 1 aliphatic carbocycles. The second-order valence-corrected chi connectivity index (χ2v) is 3.96. The highest BCUT2D eigenvalue weighted by molar-refractivity contribution is 5.07. The van der Waals surface area contributed by atoms with Crippen molar-refractivity contribution in [2.45, 2.75) is 37.8 Å². The zero-order valence-electron chi connectivity index (χ0n) is 8.01. The zero-order valence-corrected chi connectivity index (χ0v) is 8.01. The molecule has 1 N–H and O–H groups in total. The van der Waals surface area contributed by atoms with E-state index >= 15 is 0 Å². The first kappa shape index (κ1) is 8.11. The van der Waals surface area contributed by atoms with E-state index in [1.54, 1.807) is 0 Å². The smallest absolute Gasteiger partial charge is 0.0145 e. The van der Waals surface area contributed by atoms with Gasteiger partial charge in [-0.25, -0.2) is 0 Å². The standard InChI is InChI=1S/C10H18N2/c1-11-8-3-5-9-7-10(6-4-8)12(9)2/h3,9-11H,4-7H2,1-2H3/b8-3-. The first-order valence-electron chi connectivity index (χ1n) is 4.90. The molecule has 12 heavy (non-hydrogen) atoms. The van der Waals surface area contributed by atoms with Gasteiger partial charge in [-0.1, -0.05) is 6.08 Å². The second kappa shape index (κ2) is 3.09. The molecular weight excluding hydrogens is 148 g/mol. The van der Waals surface area contributed by atoms with Crippen LogP contribution in [0.25, 0.3) is 0 Å². The van der Waals surface area contributed by atoms with Gasteiger partial charge < -0.3 is 10.2 Å². The highest BCUT2D eigenvalue weighted by Gasteiger charge is 2.34. The first-order chi connectivity index (χ1) is 5.81. The van der Waals surface area contributed by atoms with Crippen LogP contribution in [0.4, 0.5) is 0 Å². The Balaban J connectivity index is 2.02. The number of allylic oxidation sites excluding steroid dienone is 1. The summed E-state index contributed by atoms with van der Waals surface area (Å²) in [6.45, 7) is 0. The fourth-order valence-electron chi connectivity index (χ4n) is 2.32. The van der Waals surface area contributed by atoms with E-state index in [1.807, 2.05) is 7.05 Å². The molecule has 0 spiro atoms. The summed E-state index contributed by atoms with van der Waals surface area (Å²) in [5.74, 6) is 0. The molecule has 2 atom stereocenters. The quantitative estimate of drug-likeness (QED) is 0.632. The lowest BCUT2D eigenvalue weighted by Gasteiger charge is -2.47. The van der Waals surface area contributed by atoms with Crippen molar-refractivity contribution in [3.8, 4) is 0 Å². The Hall–Kier alpha value is -0.500. The van der Waals surface area contributed by atoms with Crippen molar-refractivity contribution in [1.82, 2.24) is 10.2 Å². The molecule has 0 saturated carbocycles. The molecule has 1 saturated heterocycles. The second-order valence-electron chi connectivity index (χ2n) is 3.96. The van der Waals surface area contributed by atoms with Crippen molar-refractivity contribution in [3.63, 3.8) is 0 Å². The van der Waals surface area contributed by atoms with E-state index in [9.17, 15) is 0 Å². The summed E-state index contributed by atoms with van der Waals surface area (Å²) in [6, 6.07) is 1.70. The van der Waals surface area contributed by atoms with Crippen LogP contribution in [0.1, 0.15) is 25.7 Å². The molecule has 1 fully saturated rings. The van der Waals surface area contributed by atoms with Gasteiger partial charge in [0.2, 0.25) is 0 Å². The molecule has 0 amide bonds. The van der Waals surface area contributed by atoms with Crippen LogP contribution in [0.5, 0.6) is 0 Å². The van der Waals surface area contributed by atoms with Crippen LogP contribution in [0.3, 0.4) is 0 Å². The minimum Gasteiger partial charge on any atom is -0.392 e. The SMILES string of the molecule is CN/C1=C\CC2CC(CC1)N2C. The van der Waals surface area contributed by atoms with Gasteiger partial charge in [0.25, 0.3) is 0 Å². The molecule has 0 radical (unpaired) electrons. The molecule has 2 unspecified atom stereocenters. The minimum atomic E-state index is 0.832. The molecule has 2 heteroatoms. The van der Waals surface area contributed by atoms with Gasteiger partial charge in [-0.2, -0.15) is 0 Å². The summed E-state index contributed by atoms with van der Waals surface area (Å²) < 4.78 is 0. The summed E-state index contributed by atoms with van der Waals surface area (Å²) >= 11 is 0. The van der Waals surface area contributed by atoms with Crippen LogP contribution in [-0.4, -0.2) is 31.1 Å². The predicted octanol–water partition coefficient (Wildman–Crippen LogP) is 1.35. The topological polar surface area (TPSA) is 15.3 Å². The van der Waals surface area contributed by atoms with Crippen molar-refractivity contribution in [1.29, 1.82) is 0 Å². The molecule has 68 valence electrons. The van der Waals surface area contributed by atoms with E-state index in [4.69, 9.17) is 0 Å². The molecule has 0 aromatic carbocycles. The summed E-state index contributed by atoms with van der Waals surface area (Å²) in [7, 11) is 4.29.